The van der Waals surface area contributed by atoms with Gasteiger partial charge in [0, 0.05) is 11.9 Å². The van der Waals surface area contributed by atoms with E-state index in [0.717, 1.165) is 11.3 Å². The second-order valence-corrected chi connectivity index (χ2v) is 5.39. The van der Waals surface area contributed by atoms with Crippen LogP contribution in [0, 0.1) is 11.3 Å². The van der Waals surface area contributed by atoms with Crippen LogP contribution in [0.1, 0.15) is 22.9 Å². The Balaban J connectivity index is 1.78. The molecule has 0 saturated heterocycles. The zero-order valence-corrected chi connectivity index (χ0v) is 13.4. The van der Waals surface area contributed by atoms with Gasteiger partial charge in [-0.3, -0.25) is 4.98 Å². The number of rotatable bonds is 4. The number of aromatic nitrogens is 1. The van der Waals surface area contributed by atoms with Gasteiger partial charge in [0.05, 0.1) is 23.4 Å². The Kier molecular flexibility index (Phi) is 5.03. The zero-order chi connectivity index (χ0) is 17.5. The van der Waals surface area contributed by atoms with E-state index in [1.54, 1.807) is 30.5 Å². The van der Waals surface area contributed by atoms with E-state index in [-0.39, 0.29) is 12.1 Å². The predicted octanol–water partition coefficient (Wildman–Crippen LogP) is 3.86. The van der Waals surface area contributed by atoms with Gasteiger partial charge < -0.3 is 10.6 Å². The Labute approximate surface area is 146 Å². The average Bonchev–Trinajstić information content (AvgIpc) is 2.68. The molecule has 3 aromatic rings. The first-order valence-corrected chi connectivity index (χ1v) is 7.80. The summed E-state index contributed by atoms with van der Waals surface area (Å²) < 4.78 is 0. The first kappa shape index (κ1) is 16.2. The maximum Gasteiger partial charge on any atom is 0.320 e. The SMILES string of the molecule is N#Cc1ccc(NC(=O)NC(c2ccccc2)c2ccccn2)cc1. The van der Waals surface area contributed by atoms with Gasteiger partial charge in [-0.15, -0.1) is 0 Å². The molecule has 3 rings (SSSR count). The number of urea groups is 1. The number of nitrogens with one attached hydrogen (secondary N) is 2. The first-order chi connectivity index (χ1) is 12.3. The maximum atomic E-state index is 12.4. The van der Waals surface area contributed by atoms with Crippen molar-refractivity contribution in [1.29, 1.82) is 5.26 Å². The first-order valence-electron chi connectivity index (χ1n) is 7.80. The van der Waals surface area contributed by atoms with Crippen molar-refractivity contribution < 1.29 is 4.79 Å². The number of hydrogen-bond acceptors (Lipinski definition) is 3. The van der Waals surface area contributed by atoms with Crippen LogP contribution < -0.4 is 10.6 Å². The number of hydrogen-bond donors (Lipinski definition) is 2. The summed E-state index contributed by atoms with van der Waals surface area (Å²) in [5.41, 5.74) is 2.85. The number of carbonyl (C=O) groups is 1. The molecule has 0 aliphatic rings. The summed E-state index contributed by atoms with van der Waals surface area (Å²) in [4.78, 5) is 16.8. The molecule has 2 N–H and O–H groups in total. The Morgan fingerprint density at radius 1 is 0.960 bits per heavy atom. The molecule has 0 aliphatic carbocycles. The van der Waals surface area contributed by atoms with E-state index in [0.29, 0.717) is 11.3 Å². The minimum absolute atomic E-state index is 0.343. The standard InChI is InChI=1S/C20H16N4O/c21-14-15-9-11-17(12-10-15)23-20(25)24-19(16-6-2-1-3-7-16)18-8-4-5-13-22-18/h1-13,19H,(H2,23,24,25). The molecule has 5 nitrogen and oxygen atoms in total. The fraction of sp³-hybridized carbons (Fsp3) is 0.0500. The monoisotopic (exact) mass is 328 g/mol. The van der Waals surface area contributed by atoms with E-state index >= 15 is 0 Å². The summed E-state index contributed by atoms with van der Waals surface area (Å²) in [6.45, 7) is 0. The van der Waals surface area contributed by atoms with Crippen LogP contribution in [0.4, 0.5) is 10.5 Å². The third-order valence-electron chi connectivity index (χ3n) is 3.66. The van der Waals surface area contributed by atoms with E-state index in [4.69, 9.17) is 5.26 Å². The lowest BCUT2D eigenvalue weighted by Crippen LogP contribution is -2.33. The van der Waals surface area contributed by atoms with Crippen LogP contribution in [-0.2, 0) is 0 Å². The van der Waals surface area contributed by atoms with Crippen molar-refractivity contribution in [2.45, 2.75) is 6.04 Å². The molecule has 2 aromatic carbocycles. The lowest BCUT2D eigenvalue weighted by atomic mass is 10.0. The van der Waals surface area contributed by atoms with Gasteiger partial charge in [-0.05, 0) is 42.0 Å². The zero-order valence-electron chi connectivity index (χ0n) is 13.4. The average molecular weight is 328 g/mol. The Morgan fingerprint density at radius 2 is 1.68 bits per heavy atom. The molecule has 1 unspecified atom stereocenters. The van der Waals surface area contributed by atoms with Gasteiger partial charge in [0.2, 0.25) is 0 Å². The van der Waals surface area contributed by atoms with Gasteiger partial charge in [0.1, 0.15) is 0 Å². The molecule has 0 radical (unpaired) electrons. The van der Waals surface area contributed by atoms with Gasteiger partial charge in [0.15, 0.2) is 0 Å². The Morgan fingerprint density at radius 3 is 2.32 bits per heavy atom. The number of nitrogens with zero attached hydrogens (tertiary/aromatic N) is 2. The molecule has 0 saturated carbocycles. The normalized spacial score (nSPS) is 11.2. The molecule has 0 fully saturated rings. The van der Waals surface area contributed by atoms with Crippen molar-refractivity contribution in [3.05, 3.63) is 95.8 Å². The molecule has 2 amide bonds. The van der Waals surface area contributed by atoms with Crippen LogP contribution >= 0.6 is 0 Å². The van der Waals surface area contributed by atoms with E-state index < -0.39 is 0 Å². The smallest absolute Gasteiger partial charge is 0.320 e. The van der Waals surface area contributed by atoms with Crippen LogP contribution in [0.3, 0.4) is 0 Å². The topological polar surface area (TPSA) is 77.8 Å². The largest absolute Gasteiger partial charge is 0.325 e. The van der Waals surface area contributed by atoms with Crippen molar-refractivity contribution in [3.8, 4) is 6.07 Å². The summed E-state index contributed by atoms with van der Waals surface area (Å²) in [5, 5.41) is 14.5. The number of carbonyl (C=O) groups excluding carboxylic acids is 1. The molecular formula is C20H16N4O. The molecule has 0 spiro atoms. The molecule has 1 aromatic heterocycles. The number of nitriles is 1. The molecule has 5 heteroatoms. The predicted molar refractivity (Wildman–Crippen MR) is 95.8 cm³/mol. The molecule has 25 heavy (non-hydrogen) atoms. The number of pyridine rings is 1. The van der Waals surface area contributed by atoms with Crippen LogP contribution in [-0.4, -0.2) is 11.0 Å². The molecule has 1 heterocycles. The van der Waals surface area contributed by atoms with Crippen molar-refractivity contribution >= 4 is 11.7 Å². The van der Waals surface area contributed by atoms with Crippen molar-refractivity contribution in [3.63, 3.8) is 0 Å². The number of amides is 2. The Hall–Kier alpha value is -3.65. The van der Waals surface area contributed by atoms with Crippen molar-refractivity contribution in [2.24, 2.45) is 0 Å². The summed E-state index contributed by atoms with van der Waals surface area (Å²) in [5.74, 6) is 0. The maximum absolute atomic E-state index is 12.4. The summed E-state index contributed by atoms with van der Waals surface area (Å²) in [7, 11) is 0. The van der Waals surface area contributed by atoms with Crippen LogP contribution in [0.2, 0.25) is 0 Å². The van der Waals surface area contributed by atoms with Crippen molar-refractivity contribution in [2.75, 3.05) is 5.32 Å². The molecule has 0 aliphatic heterocycles. The highest BCUT2D eigenvalue weighted by Crippen LogP contribution is 2.20. The molecule has 122 valence electrons. The molecular weight excluding hydrogens is 312 g/mol. The lowest BCUT2D eigenvalue weighted by molar-refractivity contribution is 0.250. The molecule has 0 bridgehead atoms. The fourth-order valence-corrected chi connectivity index (χ4v) is 2.45. The fourth-order valence-electron chi connectivity index (χ4n) is 2.45. The quantitative estimate of drug-likeness (QED) is 0.763. The van der Waals surface area contributed by atoms with Gasteiger partial charge in [-0.1, -0.05) is 36.4 Å². The van der Waals surface area contributed by atoms with Crippen LogP contribution in [0.25, 0.3) is 0 Å². The minimum Gasteiger partial charge on any atom is -0.325 e. The third kappa shape index (κ3) is 4.21. The van der Waals surface area contributed by atoms with E-state index in [9.17, 15) is 4.79 Å². The highest BCUT2D eigenvalue weighted by Gasteiger charge is 2.17. The lowest BCUT2D eigenvalue weighted by Gasteiger charge is -2.19. The second-order valence-electron chi connectivity index (χ2n) is 5.39. The van der Waals surface area contributed by atoms with Gasteiger partial charge in [-0.25, -0.2) is 4.79 Å². The second kappa shape index (κ2) is 7.75. The van der Waals surface area contributed by atoms with E-state index in [1.165, 1.54) is 0 Å². The summed E-state index contributed by atoms with van der Waals surface area (Å²) >= 11 is 0. The minimum atomic E-state index is -0.360. The highest BCUT2D eigenvalue weighted by molar-refractivity contribution is 5.89. The highest BCUT2D eigenvalue weighted by atomic mass is 16.2. The molecule has 1 atom stereocenters. The Bertz CT molecular complexity index is 832. The van der Waals surface area contributed by atoms with Crippen LogP contribution in [0.15, 0.2) is 79.0 Å². The van der Waals surface area contributed by atoms with E-state index in [2.05, 4.69) is 15.6 Å². The van der Waals surface area contributed by atoms with Gasteiger partial charge in [-0.2, -0.15) is 5.26 Å². The van der Waals surface area contributed by atoms with Crippen molar-refractivity contribution in [1.82, 2.24) is 10.3 Å². The van der Waals surface area contributed by atoms with Gasteiger partial charge in [0.25, 0.3) is 0 Å². The number of benzene rings is 2. The summed E-state index contributed by atoms with van der Waals surface area (Å²) in [6, 6.07) is 23.3. The number of anilines is 1. The van der Waals surface area contributed by atoms with Gasteiger partial charge >= 0.3 is 6.03 Å². The van der Waals surface area contributed by atoms with Crippen LogP contribution in [0.5, 0.6) is 0 Å². The summed E-state index contributed by atoms with van der Waals surface area (Å²) in [6.07, 6.45) is 1.70. The third-order valence-corrected chi connectivity index (χ3v) is 3.66. The van der Waals surface area contributed by atoms with E-state index in [1.807, 2.05) is 54.6 Å².